The number of rotatable bonds is 6. The number of benzene rings is 1. The topological polar surface area (TPSA) is 62.3 Å². The average Bonchev–Trinajstić information content (AvgIpc) is 3.19. The van der Waals surface area contributed by atoms with Crippen LogP contribution in [0.3, 0.4) is 0 Å². The first-order valence-corrected chi connectivity index (χ1v) is 13.4. The molecule has 33 heavy (non-hydrogen) atoms. The highest BCUT2D eigenvalue weighted by molar-refractivity contribution is 7.14. The predicted molar refractivity (Wildman–Crippen MR) is 134 cm³/mol. The summed E-state index contributed by atoms with van der Waals surface area (Å²) < 4.78 is 0. The molecular formula is C25H29Cl2N3O2S. The van der Waals surface area contributed by atoms with Crippen molar-refractivity contribution in [2.75, 3.05) is 11.4 Å². The van der Waals surface area contributed by atoms with E-state index in [1.165, 1.54) is 17.8 Å². The molecule has 1 heterocycles. The van der Waals surface area contributed by atoms with Crippen LogP contribution in [0.4, 0.5) is 5.13 Å². The lowest BCUT2D eigenvalue weighted by Gasteiger charge is -2.61. The zero-order valence-electron chi connectivity index (χ0n) is 19.0. The SMILES string of the molecule is CCCN(C(=O)C12C[C@@H]3C[C@@H](CC(NC(C)=O)(C3)C1)C2)c1nc(-c2ccc(Cl)cc2Cl)cs1. The van der Waals surface area contributed by atoms with Gasteiger partial charge in [0.2, 0.25) is 11.8 Å². The fraction of sp³-hybridized carbons (Fsp3) is 0.560. The number of anilines is 1. The van der Waals surface area contributed by atoms with Crippen LogP contribution in [-0.2, 0) is 9.59 Å². The Morgan fingerprint density at radius 2 is 1.94 bits per heavy atom. The molecule has 4 saturated carbocycles. The molecule has 0 spiro atoms. The molecule has 2 unspecified atom stereocenters. The molecule has 0 aliphatic heterocycles. The van der Waals surface area contributed by atoms with Crippen LogP contribution in [0.15, 0.2) is 23.6 Å². The quantitative estimate of drug-likeness (QED) is 0.498. The summed E-state index contributed by atoms with van der Waals surface area (Å²) in [5.74, 6) is 1.20. The molecule has 0 saturated heterocycles. The van der Waals surface area contributed by atoms with Crippen LogP contribution in [0, 0.1) is 17.3 Å². The highest BCUT2D eigenvalue weighted by atomic mass is 35.5. The molecule has 1 aromatic heterocycles. The second-order valence-electron chi connectivity index (χ2n) is 10.3. The van der Waals surface area contributed by atoms with Crippen molar-refractivity contribution in [3.8, 4) is 11.3 Å². The van der Waals surface area contributed by atoms with Crippen LogP contribution in [0.25, 0.3) is 11.3 Å². The summed E-state index contributed by atoms with van der Waals surface area (Å²) in [6.07, 6.45) is 6.62. The molecule has 2 amide bonds. The fourth-order valence-electron chi connectivity index (χ4n) is 7.04. The number of carbonyl (C=O) groups excluding carboxylic acids is 2. The third-order valence-electron chi connectivity index (χ3n) is 7.58. The van der Waals surface area contributed by atoms with Gasteiger partial charge in [0, 0.05) is 35.0 Å². The van der Waals surface area contributed by atoms with Crippen LogP contribution in [0.5, 0.6) is 0 Å². The summed E-state index contributed by atoms with van der Waals surface area (Å²) in [6, 6.07) is 5.38. The highest BCUT2D eigenvalue weighted by Gasteiger charge is 2.61. The van der Waals surface area contributed by atoms with E-state index in [9.17, 15) is 9.59 Å². The Morgan fingerprint density at radius 1 is 1.21 bits per heavy atom. The zero-order valence-corrected chi connectivity index (χ0v) is 21.3. The molecule has 4 atom stereocenters. The Morgan fingerprint density at radius 3 is 2.58 bits per heavy atom. The maximum Gasteiger partial charge on any atom is 0.235 e. The van der Waals surface area contributed by atoms with Crippen molar-refractivity contribution in [1.82, 2.24) is 10.3 Å². The summed E-state index contributed by atoms with van der Waals surface area (Å²) in [4.78, 5) is 32.9. The van der Waals surface area contributed by atoms with E-state index < -0.39 is 5.41 Å². The lowest BCUT2D eigenvalue weighted by atomic mass is 9.46. The van der Waals surface area contributed by atoms with Gasteiger partial charge in [0.25, 0.3) is 0 Å². The minimum atomic E-state index is -0.411. The standard InChI is InChI=1S/C25H29Cl2N3O2S/c1-3-6-30(23-28-21(13-33-23)19-5-4-18(26)8-20(19)27)22(32)24-9-16-7-17(10-24)12-25(11-16,14-24)29-15(2)31/h4-5,8,13,16-17H,3,6-7,9-12,14H2,1-2H3,(H,29,31)/t16-,17+,24?,25?. The van der Waals surface area contributed by atoms with Crippen LogP contribution in [0.1, 0.15) is 58.8 Å². The number of thiazole rings is 1. The number of nitrogens with zero attached hydrogens (tertiary/aromatic N) is 2. The van der Waals surface area contributed by atoms with Crippen LogP contribution in [0.2, 0.25) is 10.0 Å². The van der Waals surface area contributed by atoms with Gasteiger partial charge in [-0.25, -0.2) is 4.98 Å². The maximum atomic E-state index is 14.2. The number of aromatic nitrogens is 1. The first-order chi connectivity index (χ1) is 15.7. The van der Waals surface area contributed by atoms with Gasteiger partial charge in [0.05, 0.1) is 16.1 Å². The molecule has 1 N–H and O–H groups in total. The van der Waals surface area contributed by atoms with Crippen LogP contribution in [-0.4, -0.2) is 28.9 Å². The summed E-state index contributed by atoms with van der Waals surface area (Å²) in [6.45, 7) is 4.31. The van der Waals surface area contributed by atoms with E-state index in [1.807, 2.05) is 16.3 Å². The molecule has 6 rings (SSSR count). The molecule has 4 bridgehead atoms. The highest BCUT2D eigenvalue weighted by Crippen LogP contribution is 2.62. The zero-order chi connectivity index (χ0) is 23.4. The lowest BCUT2D eigenvalue weighted by molar-refractivity contribution is -0.150. The van der Waals surface area contributed by atoms with Gasteiger partial charge in [0.15, 0.2) is 5.13 Å². The Bertz CT molecular complexity index is 1090. The van der Waals surface area contributed by atoms with E-state index in [-0.39, 0.29) is 17.4 Å². The molecule has 8 heteroatoms. The Hall–Kier alpha value is -1.63. The van der Waals surface area contributed by atoms with Gasteiger partial charge >= 0.3 is 0 Å². The second kappa shape index (κ2) is 8.54. The Balaban J connectivity index is 1.46. The molecule has 176 valence electrons. The second-order valence-corrected chi connectivity index (χ2v) is 12.0. The summed E-state index contributed by atoms with van der Waals surface area (Å²) >= 11 is 13.9. The van der Waals surface area contributed by atoms with E-state index >= 15 is 0 Å². The van der Waals surface area contributed by atoms with Crippen molar-refractivity contribution in [2.45, 2.75) is 64.3 Å². The average molecular weight is 506 g/mol. The molecular weight excluding hydrogens is 477 g/mol. The largest absolute Gasteiger partial charge is 0.351 e. The van der Waals surface area contributed by atoms with Gasteiger partial charge in [-0.3, -0.25) is 14.5 Å². The molecule has 4 aliphatic rings. The smallest absolute Gasteiger partial charge is 0.235 e. The maximum absolute atomic E-state index is 14.2. The van der Waals surface area contributed by atoms with Gasteiger partial charge in [-0.15, -0.1) is 11.3 Å². The van der Waals surface area contributed by atoms with Gasteiger partial charge in [0.1, 0.15) is 0 Å². The first kappa shape index (κ1) is 23.1. The number of hydrogen-bond acceptors (Lipinski definition) is 4. The number of halogens is 2. The minimum absolute atomic E-state index is 0.00868. The molecule has 5 nitrogen and oxygen atoms in total. The molecule has 4 aliphatic carbocycles. The minimum Gasteiger partial charge on any atom is -0.351 e. The monoisotopic (exact) mass is 505 g/mol. The summed E-state index contributed by atoms with van der Waals surface area (Å²) in [5.41, 5.74) is 0.928. The first-order valence-electron chi connectivity index (χ1n) is 11.7. The van der Waals surface area contributed by atoms with Crippen molar-refractivity contribution >= 4 is 51.5 Å². The number of nitrogens with one attached hydrogen (secondary N) is 1. The predicted octanol–water partition coefficient (Wildman–Crippen LogP) is 6.34. The van der Waals surface area contributed by atoms with Crippen molar-refractivity contribution < 1.29 is 9.59 Å². The molecule has 4 fully saturated rings. The van der Waals surface area contributed by atoms with E-state index in [2.05, 4.69) is 12.2 Å². The van der Waals surface area contributed by atoms with Crippen molar-refractivity contribution in [1.29, 1.82) is 0 Å². The van der Waals surface area contributed by atoms with E-state index in [4.69, 9.17) is 28.2 Å². The van der Waals surface area contributed by atoms with Gasteiger partial charge in [-0.2, -0.15) is 0 Å². The fourth-order valence-corrected chi connectivity index (χ4v) is 8.39. The van der Waals surface area contributed by atoms with Gasteiger partial charge in [-0.1, -0.05) is 30.1 Å². The molecule has 0 radical (unpaired) electrons. The van der Waals surface area contributed by atoms with Crippen molar-refractivity contribution in [2.24, 2.45) is 17.3 Å². The summed E-state index contributed by atoms with van der Waals surface area (Å²) in [5, 5.41) is 7.07. The van der Waals surface area contributed by atoms with Gasteiger partial charge < -0.3 is 5.32 Å². The molecule has 2 aromatic rings. The Labute approximate surface area is 208 Å². The van der Waals surface area contributed by atoms with E-state index in [1.54, 1.807) is 19.1 Å². The van der Waals surface area contributed by atoms with E-state index in [0.717, 1.165) is 49.8 Å². The van der Waals surface area contributed by atoms with Gasteiger partial charge in [-0.05, 0) is 75.0 Å². The number of hydrogen-bond donors (Lipinski definition) is 1. The molecule has 1 aromatic carbocycles. The normalized spacial score (nSPS) is 29.8. The Kier molecular flexibility index (Phi) is 5.99. The number of amides is 2. The van der Waals surface area contributed by atoms with Crippen LogP contribution < -0.4 is 10.2 Å². The van der Waals surface area contributed by atoms with E-state index in [0.29, 0.717) is 33.6 Å². The lowest BCUT2D eigenvalue weighted by Crippen LogP contribution is -2.66. The third-order valence-corrected chi connectivity index (χ3v) is 8.99. The van der Waals surface area contributed by atoms with Crippen LogP contribution >= 0.6 is 34.5 Å². The van der Waals surface area contributed by atoms with Crippen molar-refractivity contribution in [3.05, 3.63) is 33.6 Å². The summed E-state index contributed by atoms with van der Waals surface area (Å²) in [7, 11) is 0. The number of carbonyl (C=O) groups is 2. The third kappa shape index (κ3) is 4.19. The van der Waals surface area contributed by atoms with Crippen molar-refractivity contribution in [3.63, 3.8) is 0 Å².